The highest BCUT2D eigenvalue weighted by molar-refractivity contribution is 6.67. The molecule has 0 atom stereocenters. The van der Waals surface area contributed by atoms with Gasteiger partial charge in [-0.15, -0.1) is 0 Å². The van der Waals surface area contributed by atoms with Gasteiger partial charge in [-0.25, -0.2) is 13.8 Å². The van der Waals surface area contributed by atoms with Gasteiger partial charge in [0.2, 0.25) is 0 Å². The van der Waals surface area contributed by atoms with Crippen molar-refractivity contribution in [3.05, 3.63) is 22.9 Å². The molecule has 0 saturated heterocycles. The molecule has 3 nitrogen and oxygen atoms in total. The van der Waals surface area contributed by atoms with E-state index >= 15 is 0 Å². The summed E-state index contributed by atoms with van der Waals surface area (Å²) >= 11 is 5.09. The Hall–Kier alpha value is -1.23. The van der Waals surface area contributed by atoms with Gasteiger partial charge in [0.05, 0.1) is 0 Å². The molecule has 0 aliphatic carbocycles. The molecule has 0 fully saturated rings. The summed E-state index contributed by atoms with van der Waals surface area (Å²) in [7, 11) is 0. The molecule has 14 heavy (non-hydrogen) atoms. The second-order valence-electron chi connectivity index (χ2n) is 2.70. The normalized spacial score (nSPS) is 10.6. The molecule has 0 spiro atoms. The quantitative estimate of drug-likeness (QED) is 0.778. The lowest BCUT2D eigenvalue weighted by Crippen LogP contribution is -2.06. The highest BCUT2D eigenvalue weighted by atomic mass is 35.5. The first-order valence-electron chi connectivity index (χ1n) is 3.68. The number of aryl methyl sites for hydroxylation is 1. The molecule has 0 radical (unpaired) electrons. The number of nitrogens with two attached hydrogens (primary N) is 1. The molecule has 1 aromatic heterocycles. The molecule has 0 unspecified atom stereocenters. The smallest absolute Gasteiger partial charge is 0.271 e. The number of hydrogen-bond acceptors (Lipinski definition) is 3. The van der Waals surface area contributed by atoms with Gasteiger partial charge >= 0.3 is 0 Å². The highest BCUT2D eigenvalue weighted by Gasteiger charge is 2.20. The highest BCUT2D eigenvalue weighted by Crippen LogP contribution is 2.25. The molecule has 6 heteroatoms. The maximum absolute atomic E-state index is 12.4. The van der Waals surface area contributed by atoms with Crippen molar-refractivity contribution in [2.75, 3.05) is 5.73 Å². The van der Waals surface area contributed by atoms with E-state index in [4.69, 9.17) is 17.3 Å². The standard InChI is InChI=1S/C8H7ClF2N2O/c1-3-2-4(7(10)11)5(6(9)14)13-8(3)12/h2,7H,1H3,(H2,12,13). The van der Waals surface area contributed by atoms with E-state index in [1.165, 1.54) is 6.92 Å². The predicted octanol–water partition coefficient (Wildman–Crippen LogP) is 2.29. The van der Waals surface area contributed by atoms with E-state index in [0.29, 0.717) is 5.56 Å². The zero-order chi connectivity index (χ0) is 10.9. The minimum Gasteiger partial charge on any atom is -0.383 e. The van der Waals surface area contributed by atoms with Crippen molar-refractivity contribution in [3.63, 3.8) is 0 Å². The van der Waals surface area contributed by atoms with Crippen molar-refractivity contribution < 1.29 is 13.6 Å². The number of nitrogens with zero attached hydrogens (tertiary/aromatic N) is 1. The van der Waals surface area contributed by atoms with Gasteiger partial charge in [0, 0.05) is 5.56 Å². The zero-order valence-electron chi connectivity index (χ0n) is 7.22. The minimum atomic E-state index is -2.79. The minimum absolute atomic E-state index is 0.0263. The third-order valence-electron chi connectivity index (χ3n) is 1.70. The number of halogens is 3. The van der Waals surface area contributed by atoms with Crippen molar-refractivity contribution >= 4 is 22.7 Å². The fourth-order valence-electron chi connectivity index (χ4n) is 0.973. The summed E-state index contributed by atoms with van der Waals surface area (Å²) in [5, 5.41) is -1.04. The summed E-state index contributed by atoms with van der Waals surface area (Å²) in [6, 6.07) is 1.11. The van der Waals surface area contributed by atoms with Crippen LogP contribution in [-0.4, -0.2) is 10.2 Å². The molecular formula is C8H7ClF2N2O. The average Bonchev–Trinajstić information content (AvgIpc) is 2.08. The van der Waals surface area contributed by atoms with E-state index < -0.39 is 22.9 Å². The number of pyridine rings is 1. The van der Waals surface area contributed by atoms with E-state index in [0.717, 1.165) is 6.07 Å². The van der Waals surface area contributed by atoms with Crippen LogP contribution in [0.4, 0.5) is 14.6 Å². The molecule has 0 amide bonds. The van der Waals surface area contributed by atoms with Crippen LogP contribution in [0.5, 0.6) is 0 Å². The first-order chi connectivity index (χ1) is 6.43. The Labute approximate surface area is 83.9 Å². The summed E-state index contributed by atoms with van der Waals surface area (Å²) in [5.41, 5.74) is 4.78. The first kappa shape index (κ1) is 10.8. The number of anilines is 1. The van der Waals surface area contributed by atoms with Gasteiger partial charge < -0.3 is 5.73 Å². The van der Waals surface area contributed by atoms with E-state index in [2.05, 4.69) is 4.98 Å². The van der Waals surface area contributed by atoms with Crippen LogP contribution >= 0.6 is 11.6 Å². The monoisotopic (exact) mass is 220 g/mol. The molecule has 76 valence electrons. The lowest BCUT2D eigenvalue weighted by molar-refractivity contribution is 0.106. The third-order valence-corrected chi connectivity index (χ3v) is 1.88. The number of aromatic nitrogens is 1. The summed E-state index contributed by atoms with van der Waals surface area (Å²) in [6.07, 6.45) is -2.79. The lowest BCUT2D eigenvalue weighted by Gasteiger charge is -2.07. The summed E-state index contributed by atoms with van der Waals surface area (Å²) in [5.74, 6) is 0.0263. The lowest BCUT2D eigenvalue weighted by atomic mass is 10.1. The zero-order valence-corrected chi connectivity index (χ0v) is 7.98. The summed E-state index contributed by atoms with van der Waals surface area (Å²) in [4.78, 5) is 14.3. The molecule has 1 heterocycles. The van der Waals surface area contributed by atoms with Crippen molar-refractivity contribution in [1.29, 1.82) is 0 Å². The molecule has 0 aliphatic heterocycles. The maximum Gasteiger partial charge on any atom is 0.271 e. The summed E-state index contributed by atoms with van der Waals surface area (Å²) < 4.78 is 24.8. The second kappa shape index (κ2) is 3.88. The number of alkyl halides is 2. The van der Waals surface area contributed by atoms with E-state index in [9.17, 15) is 13.6 Å². The van der Waals surface area contributed by atoms with Crippen molar-refractivity contribution in [2.24, 2.45) is 0 Å². The Kier molecular flexibility index (Phi) is 3.00. The van der Waals surface area contributed by atoms with Crippen LogP contribution in [0.15, 0.2) is 6.07 Å². The average molecular weight is 221 g/mol. The molecule has 0 bridgehead atoms. The van der Waals surface area contributed by atoms with Crippen molar-refractivity contribution in [3.8, 4) is 0 Å². The first-order valence-corrected chi connectivity index (χ1v) is 4.06. The van der Waals surface area contributed by atoms with Crippen LogP contribution in [0, 0.1) is 6.92 Å². The molecule has 0 aromatic carbocycles. The molecule has 1 rings (SSSR count). The van der Waals surface area contributed by atoms with Gasteiger partial charge in [-0.3, -0.25) is 4.79 Å². The number of nitrogen functional groups attached to an aromatic ring is 1. The van der Waals surface area contributed by atoms with E-state index in [-0.39, 0.29) is 5.82 Å². The van der Waals surface area contributed by atoms with Crippen LogP contribution in [0.2, 0.25) is 0 Å². The number of carbonyl (C=O) groups is 1. The van der Waals surface area contributed by atoms with Gasteiger partial charge in [0.25, 0.3) is 11.7 Å². The Morgan fingerprint density at radius 2 is 2.21 bits per heavy atom. The van der Waals surface area contributed by atoms with Crippen LogP contribution in [0.1, 0.15) is 28.0 Å². The molecular weight excluding hydrogens is 214 g/mol. The topological polar surface area (TPSA) is 56.0 Å². The number of hydrogen-bond donors (Lipinski definition) is 1. The van der Waals surface area contributed by atoms with Gasteiger partial charge in [-0.1, -0.05) is 0 Å². The molecule has 2 N–H and O–H groups in total. The molecule has 0 aliphatic rings. The van der Waals surface area contributed by atoms with Crippen molar-refractivity contribution in [1.82, 2.24) is 4.98 Å². The number of carbonyl (C=O) groups excluding carboxylic acids is 1. The van der Waals surface area contributed by atoms with Crippen LogP contribution in [-0.2, 0) is 0 Å². The van der Waals surface area contributed by atoms with Crippen LogP contribution in [0.25, 0.3) is 0 Å². The SMILES string of the molecule is Cc1cc(C(F)F)c(C(=O)Cl)nc1N. The Balaban J connectivity index is 3.39. The van der Waals surface area contributed by atoms with Gasteiger partial charge in [-0.2, -0.15) is 0 Å². The van der Waals surface area contributed by atoms with Gasteiger partial charge in [0.1, 0.15) is 11.5 Å². The van der Waals surface area contributed by atoms with Gasteiger partial charge in [0.15, 0.2) is 0 Å². The van der Waals surface area contributed by atoms with Crippen molar-refractivity contribution in [2.45, 2.75) is 13.3 Å². The van der Waals surface area contributed by atoms with E-state index in [1.807, 2.05) is 0 Å². The second-order valence-corrected chi connectivity index (χ2v) is 3.05. The van der Waals surface area contributed by atoms with Crippen LogP contribution < -0.4 is 5.73 Å². The van der Waals surface area contributed by atoms with E-state index in [1.54, 1.807) is 0 Å². The number of rotatable bonds is 2. The Morgan fingerprint density at radius 3 is 2.64 bits per heavy atom. The summed E-state index contributed by atoms with van der Waals surface area (Å²) in [6.45, 7) is 1.52. The Bertz CT molecular complexity index is 382. The molecule has 1 aromatic rings. The maximum atomic E-state index is 12.4. The van der Waals surface area contributed by atoms with Crippen LogP contribution in [0.3, 0.4) is 0 Å². The fourth-order valence-corrected chi connectivity index (χ4v) is 1.12. The fraction of sp³-hybridized carbons (Fsp3) is 0.250. The molecule has 0 saturated carbocycles. The predicted molar refractivity (Wildman–Crippen MR) is 48.5 cm³/mol. The third kappa shape index (κ3) is 1.98. The Morgan fingerprint density at radius 1 is 1.64 bits per heavy atom. The largest absolute Gasteiger partial charge is 0.383 e. The van der Waals surface area contributed by atoms with Gasteiger partial charge in [-0.05, 0) is 30.2 Å².